The SMILES string of the molecule is O=C1CSC(=NN=Cc2ccccc2C2OCCCO2)N1. The largest absolute Gasteiger partial charge is 0.348 e. The van der Waals surface area contributed by atoms with E-state index >= 15 is 0 Å². The van der Waals surface area contributed by atoms with Crippen LogP contribution in [0.3, 0.4) is 0 Å². The molecule has 1 aromatic carbocycles. The van der Waals surface area contributed by atoms with E-state index in [1.807, 2.05) is 24.3 Å². The van der Waals surface area contributed by atoms with Crippen LogP contribution in [0.25, 0.3) is 0 Å². The predicted molar refractivity (Wildman–Crippen MR) is 81.3 cm³/mol. The van der Waals surface area contributed by atoms with E-state index in [2.05, 4.69) is 15.5 Å². The van der Waals surface area contributed by atoms with Gasteiger partial charge in [0.05, 0.1) is 25.2 Å². The second kappa shape index (κ2) is 6.84. The average Bonchev–Trinajstić information content (AvgIpc) is 2.94. The van der Waals surface area contributed by atoms with Gasteiger partial charge in [0.25, 0.3) is 0 Å². The molecular formula is C14H15N3O3S. The number of amidine groups is 1. The summed E-state index contributed by atoms with van der Waals surface area (Å²) in [7, 11) is 0. The number of nitrogens with one attached hydrogen (secondary N) is 1. The number of benzene rings is 1. The van der Waals surface area contributed by atoms with Crippen LogP contribution in [-0.4, -0.2) is 36.3 Å². The maximum absolute atomic E-state index is 11.0. The van der Waals surface area contributed by atoms with Gasteiger partial charge in [0.15, 0.2) is 11.5 Å². The molecule has 2 heterocycles. The van der Waals surface area contributed by atoms with Crippen molar-refractivity contribution >= 4 is 29.1 Å². The van der Waals surface area contributed by atoms with Crippen LogP contribution in [0, 0.1) is 0 Å². The predicted octanol–water partition coefficient (Wildman–Crippen LogP) is 1.68. The Bertz CT molecular complexity index is 583. The zero-order valence-corrected chi connectivity index (χ0v) is 12.1. The third-order valence-corrected chi connectivity index (χ3v) is 3.87. The molecule has 0 spiro atoms. The summed E-state index contributed by atoms with van der Waals surface area (Å²) in [5.41, 5.74) is 1.83. The smallest absolute Gasteiger partial charge is 0.236 e. The number of amides is 1. The number of ether oxygens (including phenoxy) is 2. The summed E-state index contributed by atoms with van der Waals surface area (Å²) in [4.78, 5) is 11.0. The molecule has 1 amide bonds. The van der Waals surface area contributed by atoms with Gasteiger partial charge in [0.1, 0.15) is 0 Å². The summed E-state index contributed by atoms with van der Waals surface area (Å²) < 4.78 is 11.2. The van der Waals surface area contributed by atoms with E-state index in [1.165, 1.54) is 11.8 Å². The third kappa shape index (κ3) is 3.69. The Hall–Kier alpha value is -1.70. The highest BCUT2D eigenvalue weighted by molar-refractivity contribution is 8.15. The summed E-state index contributed by atoms with van der Waals surface area (Å²) in [6.45, 7) is 1.39. The van der Waals surface area contributed by atoms with E-state index < -0.39 is 0 Å². The van der Waals surface area contributed by atoms with Crippen molar-refractivity contribution in [2.24, 2.45) is 10.2 Å². The van der Waals surface area contributed by atoms with Gasteiger partial charge < -0.3 is 14.8 Å². The summed E-state index contributed by atoms with van der Waals surface area (Å²) in [6.07, 6.45) is 2.21. The van der Waals surface area contributed by atoms with Gasteiger partial charge in [-0.25, -0.2) is 0 Å². The van der Waals surface area contributed by atoms with E-state index in [1.54, 1.807) is 6.21 Å². The number of thioether (sulfide) groups is 1. The monoisotopic (exact) mass is 305 g/mol. The summed E-state index contributed by atoms with van der Waals surface area (Å²) in [5.74, 6) is 0.354. The number of carbonyl (C=O) groups is 1. The topological polar surface area (TPSA) is 72.3 Å². The van der Waals surface area contributed by atoms with Crippen molar-refractivity contribution < 1.29 is 14.3 Å². The van der Waals surface area contributed by atoms with Gasteiger partial charge in [0.2, 0.25) is 5.91 Å². The van der Waals surface area contributed by atoms with Crippen LogP contribution in [0.5, 0.6) is 0 Å². The number of rotatable bonds is 3. The van der Waals surface area contributed by atoms with Crippen LogP contribution in [0.1, 0.15) is 23.8 Å². The van der Waals surface area contributed by atoms with Gasteiger partial charge in [-0.05, 0) is 6.42 Å². The standard InChI is InChI=1S/C14H15N3O3S/c18-12-9-21-14(16-12)17-15-8-10-4-1-2-5-11(10)13-19-6-3-7-20-13/h1-2,4-5,8,13H,3,6-7,9H2,(H,16,17,18). The Morgan fingerprint density at radius 3 is 2.86 bits per heavy atom. The van der Waals surface area contributed by atoms with Gasteiger partial charge in [-0.3, -0.25) is 4.79 Å². The molecule has 2 fully saturated rings. The lowest BCUT2D eigenvalue weighted by atomic mass is 10.1. The molecule has 0 aromatic heterocycles. The number of hydrogen-bond donors (Lipinski definition) is 1. The molecule has 0 radical (unpaired) electrons. The van der Waals surface area contributed by atoms with Crippen LogP contribution in [0.4, 0.5) is 0 Å². The summed E-state index contributed by atoms with van der Waals surface area (Å²) in [6, 6.07) is 7.75. The second-order valence-electron chi connectivity index (χ2n) is 4.54. The second-order valence-corrected chi connectivity index (χ2v) is 5.51. The molecule has 3 rings (SSSR count). The average molecular weight is 305 g/mol. The minimum absolute atomic E-state index is 0.0432. The highest BCUT2D eigenvalue weighted by Crippen LogP contribution is 2.25. The van der Waals surface area contributed by atoms with Crippen LogP contribution in [-0.2, 0) is 14.3 Å². The molecule has 2 saturated heterocycles. The maximum atomic E-state index is 11.0. The van der Waals surface area contributed by atoms with E-state index in [0.29, 0.717) is 24.1 Å². The zero-order chi connectivity index (χ0) is 14.5. The molecule has 1 N–H and O–H groups in total. The van der Waals surface area contributed by atoms with E-state index in [4.69, 9.17) is 9.47 Å². The molecule has 21 heavy (non-hydrogen) atoms. The highest BCUT2D eigenvalue weighted by atomic mass is 32.2. The van der Waals surface area contributed by atoms with Gasteiger partial charge in [0, 0.05) is 11.1 Å². The van der Waals surface area contributed by atoms with Gasteiger partial charge in [-0.1, -0.05) is 36.0 Å². The lowest BCUT2D eigenvalue weighted by molar-refractivity contribution is -0.183. The molecule has 2 aliphatic rings. The van der Waals surface area contributed by atoms with Gasteiger partial charge >= 0.3 is 0 Å². The van der Waals surface area contributed by atoms with Crippen molar-refractivity contribution in [3.05, 3.63) is 35.4 Å². The van der Waals surface area contributed by atoms with E-state index in [-0.39, 0.29) is 12.2 Å². The lowest BCUT2D eigenvalue weighted by Crippen LogP contribution is -2.19. The molecule has 6 nitrogen and oxygen atoms in total. The first-order chi connectivity index (χ1) is 10.3. The molecule has 110 valence electrons. The third-order valence-electron chi connectivity index (χ3n) is 3.01. The first-order valence-corrected chi connectivity index (χ1v) is 7.67. The molecule has 0 saturated carbocycles. The molecule has 7 heteroatoms. The normalized spacial score (nSPS) is 22.1. The molecule has 1 aromatic rings. The first kappa shape index (κ1) is 14.2. The van der Waals surface area contributed by atoms with Gasteiger partial charge in [-0.15, -0.1) is 5.10 Å². The molecule has 0 atom stereocenters. The lowest BCUT2D eigenvalue weighted by Gasteiger charge is -2.24. The Morgan fingerprint density at radius 1 is 1.29 bits per heavy atom. The Labute approximate surface area is 126 Å². The highest BCUT2D eigenvalue weighted by Gasteiger charge is 2.19. The quantitative estimate of drug-likeness (QED) is 0.681. The van der Waals surface area contributed by atoms with Crippen LogP contribution < -0.4 is 5.32 Å². The summed E-state index contributed by atoms with van der Waals surface area (Å²) in [5, 5.41) is 11.2. The Kier molecular flexibility index (Phi) is 4.64. The van der Waals surface area contributed by atoms with Gasteiger partial charge in [-0.2, -0.15) is 5.10 Å². The molecular weight excluding hydrogens is 290 g/mol. The first-order valence-electron chi connectivity index (χ1n) is 6.69. The zero-order valence-electron chi connectivity index (χ0n) is 11.3. The Balaban J connectivity index is 1.74. The maximum Gasteiger partial charge on any atom is 0.236 e. The van der Waals surface area contributed by atoms with Crippen LogP contribution in [0.15, 0.2) is 34.5 Å². The van der Waals surface area contributed by atoms with Crippen molar-refractivity contribution in [1.82, 2.24) is 5.32 Å². The van der Waals surface area contributed by atoms with Crippen molar-refractivity contribution in [3.63, 3.8) is 0 Å². The van der Waals surface area contributed by atoms with Crippen LogP contribution in [0.2, 0.25) is 0 Å². The molecule has 0 unspecified atom stereocenters. The molecule has 0 bridgehead atoms. The number of carbonyl (C=O) groups excluding carboxylic acids is 1. The minimum Gasteiger partial charge on any atom is -0.348 e. The van der Waals surface area contributed by atoms with E-state index in [9.17, 15) is 4.79 Å². The fourth-order valence-electron chi connectivity index (χ4n) is 2.03. The fraction of sp³-hybridized carbons (Fsp3) is 0.357. The van der Waals surface area contributed by atoms with Crippen molar-refractivity contribution in [3.8, 4) is 0 Å². The number of nitrogens with zero attached hydrogens (tertiary/aromatic N) is 2. The van der Waals surface area contributed by atoms with Crippen molar-refractivity contribution in [1.29, 1.82) is 0 Å². The van der Waals surface area contributed by atoms with Crippen molar-refractivity contribution in [2.75, 3.05) is 19.0 Å². The van der Waals surface area contributed by atoms with Crippen LogP contribution >= 0.6 is 11.8 Å². The van der Waals surface area contributed by atoms with Crippen molar-refractivity contribution in [2.45, 2.75) is 12.7 Å². The number of hydrogen-bond acceptors (Lipinski definition) is 6. The minimum atomic E-state index is -0.352. The van der Waals surface area contributed by atoms with E-state index in [0.717, 1.165) is 17.5 Å². The molecule has 0 aliphatic carbocycles. The summed E-state index contributed by atoms with van der Waals surface area (Å²) >= 11 is 1.34. The molecule has 2 aliphatic heterocycles. The Morgan fingerprint density at radius 2 is 2.10 bits per heavy atom. The fourth-order valence-corrected chi connectivity index (χ4v) is 2.66.